The van der Waals surface area contributed by atoms with Crippen molar-refractivity contribution in [3.63, 3.8) is 0 Å². The molecule has 0 radical (unpaired) electrons. The van der Waals surface area contributed by atoms with Gasteiger partial charge in [-0.15, -0.1) is 0 Å². The molecule has 1 atom stereocenters. The fourth-order valence-electron chi connectivity index (χ4n) is 3.75. The van der Waals surface area contributed by atoms with E-state index in [1.54, 1.807) is 56.8 Å². The smallest absolute Gasteiger partial charge is 0.338 e. The first kappa shape index (κ1) is 23.2. The summed E-state index contributed by atoms with van der Waals surface area (Å²) in [7, 11) is 3.07. The molecule has 174 valence electrons. The van der Waals surface area contributed by atoms with Crippen LogP contribution in [0.3, 0.4) is 0 Å². The van der Waals surface area contributed by atoms with Crippen molar-refractivity contribution in [3.05, 3.63) is 97.5 Å². The van der Waals surface area contributed by atoms with Gasteiger partial charge in [0.05, 0.1) is 36.1 Å². The fraction of sp³-hybridized carbons (Fsp3) is 0.200. The number of ether oxygens (including phenoxy) is 3. The molecule has 1 aliphatic rings. The van der Waals surface area contributed by atoms with Crippen LogP contribution >= 0.6 is 11.3 Å². The molecule has 34 heavy (non-hydrogen) atoms. The van der Waals surface area contributed by atoms with Crippen molar-refractivity contribution in [2.45, 2.75) is 13.0 Å². The van der Waals surface area contributed by atoms with Crippen molar-refractivity contribution in [2.75, 3.05) is 20.8 Å². The summed E-state index contributed by atoms with van der Waals surface area (Å²) in [4.78, 5) is 35.8. The largest absolute Gasteiger partial charge is 0.493 e. The van der Waals surface area contributed by atoms with E-state index in [4.69, 9.17) is 14.2 Å². The minimum atomic E-state index is -0.760. The van der Waals surface area contributed by atoms with E-state index in [2.05, 4.69) is 16.6 Å². The number of benzene rings is 1. The summed E-state index contributed by atoms with van der Waals surface area (Å²) in [5.41, 5.74) is 1.93. The average molecular weight is 478 g/mol. The first-order valence-corrected chi connectivity index (χ1v) is 11.2. The van der Waals surface area contributed by atoms with E-state index in [0.29, 0.717) is 32.1 Å². The van der Waals surface area contributed by atoms with Crippen LogP contribution in [0.25, 0.3) is 6.08 Å². The van der Waals surface area contributed by atoms with Crippen LogP contribution < -0.4 is 24.4 Å². The van der Waals surface area contributed by atoms with E-state index >= 15 is 0 Å². The number of esters is 1. The maximum atomic E-state index is 13.6. The lowest BCUT2D eigenvalue weighted by atomic mass is 9.95. The van der Waals surface area contributed by atoms with Gasteiger partial charge in [0.2, 0.25) is 0 Å². The number of thiazole rings is 1. The Morgan fingerprint density at radius 3 is 2.71 bits per heavy atom. The number of methoxy groups -OCH3 is 2. The summed E-state index contributed by atoms with van der Waals surface area (Å²) in [6.07, 6.45) is 6.59. The molecule has 2 aromatic heterocycles. The summed E-state index contributed by atoms with van der Waals surface area (Å²) in [6, 6.07) is 8.18. The highest BCUT2D eigenvalue weighted by atomic mass is 32.1. The number of carbonyl (C=O) groups is 1. The average Bonchev–Trinajstić information content (AvgIpc) is 3.16. The van der Waals surface area contributed by atoms with Gasteiger partial charge in [0.1, 0.15) is 6.61 Å². The third kappa shape index (κ3) is 4.29. The Labute approximate surface area is 199 Å². The van der Waals surface area contributed by atoms with E-state index in [1.165, 1.54) is 29.1 Å². The molecule has 8 nitrogen and oxygen atoms in total. The van der Waals surface area contributed by atoms with Gasteiger partial charge in [0, 0.05) is 12.4 Å². The molecule has 0 fully saturated rings. The molecular weight excluding hydrogens is 454 g/mol. The van der Waals surface area contributed by atoms with E-state index in [-0.39, 0.29) is 17.7 Å². The number of hydrogen-bond donors (Lipinski definition) is 0. The maximum absolute atomic E-state index is 13.6. The molecule has 0 aliphatic carbocycles. The van der Waals surface area contributed by atoms with E-state index < -0.39 is 12.0 Å². The molecule has 9 heteroatoms. The van der Waals surface area contributed by atoms with Crippen molar-refractivity contribution >= 4 is 23.4 Å². The van der Waals surface area contributed by atoms with Gasteiger partial charge >= 0.3 is 5.97 Å². The second kappa shape index (κ2) is 9.88. The number of nitrogens with zero attached hydrogens (tertiary/aromatic N) is 3. The van der Waals surface area contributed by atoms with E-state index in [0.717, 1.165) is 5.56 Å². The number of aromatic nitrogens is 2. The van der Waals surface area contributed by atoms with Gasteiger partial charge in [-0.1, -0.05) is 36.1 Å². The molecule has 3 aromatic rings. The van der Waals surface area contributed by atoms with Gasteiger partial charge in [-0.3, -0.25) is 14.3 Å². The minimum Gasteiger partial charge on any atom is -0.493 e. The zero-order valence-electron chi connectivity index (χ0n) is 19.0. The first-order chi connectivity index (χ1) is 16.5. The van der Waals surface area contributed by atoms with Gasteiger partial charge in [0.25, 0.3) is 5.56 Å². The van der Waals surface area contributed by atoms with Gasteiger partial charge in [0.15, 0.2) is 16.3 Å². The molecule has 0 unspecified atom stereocenters. The van der Waals surface area contributed by atoms with Gasteiger partial charge in [-0.25, -0.2) is 9.79 Å². The van der Waals surface area contributed by atoms with Crippen LogP contribution in [0.2, 0.25) is 0 Å². The molecule has 4 rings (SSSR count). The molecule has 0 bridgehead atoms. The Balaban J connectivity index is 1.96. The fourth-order valence-corrected chi connectivity index (χ4v) is 4.79. The number of allylic oxidation sites excluding steroid dienone is 1. The van der Waals surface area contributed by atoms with E-state index in [1.807, 2.05) is 6.07 Å². The van der Waals surface area contributed by atoms with Crippen molar-refractivity contribution < 1.29 is 19.0 Å². The van der Waals surface area contributed by atoms with E-state index in [9.17, 15) is 9.59 Å². The zero-order valence-corrected chi connectivity index (χ0v) is 19.8. The third-order valence-electron chi connectivity index (χ3n) is 5.28. The normalized spacial score (nSPS) is 15.4. The lowest BCUT2D eigenvalue weighted by Gasteiger charge is -2.25. The highest BCUT2D eigenvalue weighted by Gasteiger charge is 2.34. The molecule has 3 heterocycles. The molecule has 0 saturated carbocycles. The number of hydrogen-bond acceptors (Lipinski definition) is 8. The zero-order chi connectivity index (χ0) is 24.2. The van der Waals surface area contributed by atoms with Crippen LogP contribution in [0.5, 0.6) is 11.5 Å². The predicted molar refractivity (Wildman–Crippen MR) is 129 cm³/mol. The summed E-state index contributed by atoms with van der Waals surface area (Å²) >= 11 is 1.25. The van der Waals surface area contributed by atoms with Gasteiger partial charge in [-0.2, -0.15) is 0 Å². The lowest BCUT2D eigenvalue weighted by Crippen LogP contribution is -2.40. The summed E-state index contributed by atoms with van der Waals surface area (Å²) in [5, 5.41) is 0. The number of pyridine rings is 1. The van der Waals surface area contributed by atoms with Crippen molar-refractivity contribution in [3.8, 4) is 11.5 Å². The second-order valence-corrected chi connectivity index (χ2v) is 8.38. The van der Waals surface area contributed by atoms with Crippen molar-refractivity contribution in [2.24, 2.45) is 4.99 Å². The Kier molecular flexibility index (Phi) is 6.74. The predicted octanol–water partition coefficient (Wildman–Crippen LogP) is 2.38. The van der Waals surface area contributed by atoms with Crippen LogP contribution in [0.4, 0.5) is 0 Å². The first-order valence-electron chi connectivity index (χ1n) is 10.4. The summed E-state index contributed by atoms with van der Waals surface area (Å²) < 4.78 is 18.2. The number of carbonyl (C=O) groups excluding carboxylic acids is 1. The molecule has 0 N–H and O–H groups in total. The molecule has 0 amide bonds. The molecule has 0 spiro atoms. The summed E-state index contributed by atoms with van der Waals surface area (Å²) in [6.45, 7) is 5.37. The molecule has 1 aromatic carbocycles. The second-order valence-electron chi connectivity index (χ2n) is 7.37. The Hall–Kier alpha value is -3.98. The molecule has 1 aliphatic heterocycles. The van der Waals surface area contributed by atoms with Crippen LogP contribution in [0.15, 0.2) is 76.4 Å². The standard InChI is InChI=1S/C25H23N3O5S/c1-5-11-33-24(30)21-15(2)27-25-28(22(21)17-8-9-18(31-3)19(13-17)32-4)23(29)20(34-25)12-16-7-6-10-26-14-16/h5-10,12-14,22H,1,11H2,2-4H3/b20-12-/t22-/m0/s1. The SMILES string of the molecule is C=CCOC(=O)C1=C(C)N=c2s/c(=C\c3cccnc3)c(=O)n2[C@H]1c1ccc(OC)c(OC)c1. The highest BCUT2D eigenvalue weighted by molar-refractivity contribution is 7.07. The maximum Gasteiger partial charge on any atom is 0.338 e. The van der Waals surface area contributed by atoms with Gasteiger partial charge < -0.3 is 14.2 Å². The Morgan fingerprint density at radius 1 is 1.24 bits per heavy atom. The quantitative estimate of drug-likeness (QED) is 0.383. The minimum absolute atomic E-state index is 0.0414. The van der Waals surface area contributed by atoms with Crippen LogP contribution in [-0.4, -0.2) is 36.3 Å². The monoisotopic (exact) mass is 477 g/mol. The van der Waals surface area contributed by atoms with Crippen molar-refractivity contribution in [1.29, 1.82) is 0 Å². The third-order valence-corrected chi connectivity index (χ3v) is 6.26. The lowest BCUT2D eigenvalue weighted by molar-refractivity contribution is -0.138. The van der Waals surface area contributed by atoms with Gasteiger partial charge in [-0.05, 0) is 42.3 Å². The topological polar surface area (TPSA) is 92.0 Å². The molecular formula is C25H23N3O5S. The Morgan fingerprint density at radius 2 is 2.03 bits per heavy atom. The van der Waals surface area contributed by atoms with Crippen LogP contribution in [0.1, 0.15) is 24.1 Å². The number of rotatable bonds is 7. The number of fused-ring (bicyclic) bond motifs is 1. The summed E-state index contributed by atoms with van der Waals surface area (Å²) in [5.74, 6) is 0.445. The highest BCUT2D eigenvalue weighted by Crippen LogP contribution is 2.36. The Bertz CT molecular complexity index is 1450. The molecule has 0 saturated heterocycles. The van der Waals surface area contributed by atoms with Crippen LogP contribution in [0, 0.1) is 0 Å². The van der Waals surface area contributed by atoms with Crippen LogP contribution in [-0.2, 0) is 9.53 Å². The van der Waals surface area contributed by atoms with Crippen molar-refractivity contribution in [1.82, 2.24) is 9.55 Å².